The highest BCUT2D eigenvalue weighted by Crippen LogP contribution is 2.37. The van der Waals surface area contributed by atoms with E-state index in [9.17, 15) is 12.8 Å². The van der Waals surface area contributed by atoms with E-state index in [2.05, 4.69) is 37.5 Å². The Hall–Kier alpha value is -1.00. The van der Waals surface area contributed by atoms with Crippen molar-refractivity contribution in [3.63, 3.8) is 0 Å². The molecule has 1 aliphatic carbocycles. The molecule has 0 bridgehead atoms. The van der Waals surface area contributed by atoms with Crippen LogP contribution in [0.3, 0.4) is 0 Å². The number of H-pyrrole nitrogens is 1. The molecule has 0 saturated heterocycles. The van der Waals surface area contributed by atoms with Crippen molar-refractivity contribution in [2.45, 2.75) is 63.2 Å². The van der Waals surface area contributed by atoms with E-state index < -0.39 is 14.8 Å². The molecule has 1 fully saturated rings. The lowest BCUT2D eigenvalue weighted by Gasteiger charge is -2.31. The van der Waals surface area contributed by atoms with Gasteiger partial charge in [0.05, 0.1) is 14.0 Å². The predicted molar refractivity (Wildman–Crippen MR) is 114 cm³/mol. The van der Waals surface area contributed by atoms with Crippen molar-refractivity contribution in [1.82, 2.24) is 14.9 Å². The third-order valence-corrected chi connectivity index (χ3v) is 8.44. The number of hydrogen-bond donors (Lipinski definition) is 2. The molecular weight excluding hydrogens is 480 g/mol. The van der Waals surface area contributed by atoms with E-state index in [4.69, 9.17) is 0 Å². The first-order valence-electron chi connectivity index (χ1n) is 9.10. The zero-order chi connectivity index (χ0) is 19.8. The lowest BCUT2D eigenvalue weighted by atomic mass is 9.84. The van der Waals surface area contributed by atoms with Gasteiger partial charge in [0.2, 0.25) is 10.0 Å². The zero-order valence-corrected chi connectivity index (χ0v) is 18.7. The van der Waals surface area contributed by atoms with Gasteiger partial charge in [-0.1, -0.05) is 12.1 Å². The minimum atomic E-state index is -3.33. The van der Waals surface area contributed by atoms with E-state index in [-0.39, 0.29) is 11.9 Å². The van der Waals surface area contributed by atoms with E-state index in [0.29, 0.717) is 5.92 Å². The van der Waals surface area contributed by atoms with Gasteiger partial charge in [-0.05, 0) is 81.2 Å². The Balaban J connectivity index is 1.69. The summed E-state index contributed by atoms with van der Waals surface area (Å²) in [6, 6.07) is 6.42. The summed E-state index contributed by atoms with van der Waals surface area (Å²) in [5.74, 6) is 0.0293. The van der Waals surface area contributed by atoms with Crippen molar-refractivity contribution in [1.29, 1.82) is 0 Å². The quantitative estimate of drug-likeness (QED) is 0.599. The minimum Gasteiger partial charge on any atom is -0.281 e. The SMILES string of the molecule is CC(C)(C)S(=O)(=O)N[C@H]1CC[C@H](c2[nH]nc(-c3cccc(F)c3)c2I)CC1. The van der Waals surface area contributed by atoms with Crippen LogP contribution >= 0.6 is 22.6 Å². The summed E-state index contributed by atoms with van der Waals surface area (Å²) in [4.78, 5) is 0. The van der Waals surface area contributed by atoms with E-state index in [1.54, 1.807) is 26.8 Å². The molecule has 0 unspecified atom stereocenters. The van der Waals surface area contributed by atoms with Crippen LogP contribution in [0.15, 0.2) is 24.3 Å². The Morgan fingerprint density at radius 2 is 1.89 bits per heavy atom. The van der Waals surface area contributed by atoms with Gasteiger partial charge in [0.1, 0.15) is 11.5 Å². The second-order valence-corrected chi connectivity index (χ2v) is 11.6. The van der Waals surface area contributed by atoms with Gasteiger partial charge in [0.25, 0.3) is 0 Å². The molecule has 5 nitrogen and oxygen atoms in total. The summed E-state index contributed by atoms with van der Waals surface area (Å²) < 4.78 is 41.3. The lowest BCUT2D eigenvalue weighted by Crippen LogP contribution is -2.45. The Morgan fingerprint density at radius 1 is 1.22 bits per heavy atom. The lowest BCUT2D eigenvalue weighted by molar-refractivity contribution is 0.366. The number of rotatable bonds is 4. The second kappa shape index (κ2) is 7.79. The first-order chi connectivity index (χ1) is 12.6. The molecule has 1 saturated carbocycles. The third-order valence-electron chi connectivity index (χ3n) is 5.09. The number of sulfonamides is 1. The average molecular weight is 505 g/mol. The summed E-state index contributed by atoms with van der Waals surface area (Å²) in [6.45, 7) is 5.13. The van der Waals surface area contributed by atoms with Gasteiger partial charge >= 0.3 is 0 Å². The smallest absolute Gasteiger partial charge is 0.216 e. The van der Waals surface area contributed by atoms with Crippen LogP contribution in [0.25, 0.3) is 11.3 Å². The molecule has 0 amide bonds. The van der Waals surface area contributed by atoms with Gasteiger partial charge in [-0.25, -0.2) is 17.5 Å². The van der Waals surface area contributed by atoms with Crippen molar-refractivity contribution < 1.29 is 12.8 Å². The highest BCUT2D eigenvalue weighted by Gasteiger charge is 2.33. The maximum atomic E-state index is 13.5. The Bertz CT molecular complexity index is 913. The topological polar surface area (TPSA) is 74.8 Å². The molecule has 1 aromatic carbocycles. The van der Waals surface area contributed by atoms with Crippen molar-refractivity contribution in [2.75, 3.05) is 0 Å². The number of aromatic amines is 1. The maximum Gasteiger partial charge on any atom is 0.216 e. The molecule has 8 heteroatoms. The molecule has 0 aliphatic heterocycles. The molecule has 2 aromatic rings. The monoisotopic (exact) mass is 505 g/mol. The molecule has 148 valence electrons. The van der Waals surface area contributed by atoms with Crippen LogP contribution in [0.2, 0.25) is 0 Å². The average Bonchev–Trinajstić information content (AvgIpc) is 2.96. The highest BCUT2D eigenvalue weighted by atomic mass is 127. The first-order valence-corrected chi connectivity index (χ1v) is 11.7. The molecule has 1 aromatic heterocycles. The van der Waals surface area contributed by atoms with Crippen molar-refractivity contribution in [3.05, 3.63) is 39.3 Å². The fourth-order valence-corrected chi connectivity index (χ4v) is 5.36. The Kier molecular flexibility index (Phi) is 5.98. The van der Waals surface area contributed by atoms with Crippen molar-refractivity contribution >= 4 is 32.6 Å². The van der Waals surface area contributed by atoms with Crippen LogP contribution in [-0.2, 0) is 10.0 Å². The second-order valence-electron chi connectivity index (χ2n) is 8.09. The summed E-state index contributed by atoms with van der Waals surface area (Å²) in [5, 5.41) is 7.53. The summed E-state index contributed by atoms with van der Waals surface area (Å²) in [5.41, 5.74) is 2.58. The van der Waals surface area contributed by atoms with Gasteiger partial charge < -0.3 is 0 Å². The van der Waals surface area contributed by atoms with Gasteiger partial charge in [0, 0.05) is 17.5 Å². The van der Waals surface area contributed by atoms with Gasteiger partial charge in [0.15, 0.2) is 0 Å². The molecule has 0 atom stereocenters. The fraction of sp³-hybridized carbons (Fsp3) is 0.526. The summed E-state index contributed by atoms with van der Waals surface area (Å²) >= 11 is 2.26. The van der Waals surface area contributed by atoms with Gasteiger partial charge in [-0.15, -0.1) is 0 Å². The molecule has 3 rings (SSSR count). The van der Waals surface area contributed by atoms with E-state index in [0.717, 1.165) is 46.2 Å². The molecule has 27 heavy (non-hydrogen) atoms. The molecule has 0 radical (unpaired) electrons. The first kappa shape index (κ1) is 20.7. The number of hydrogen-bond acceptors (Lipinski definition) is 3. The predicted octanol–water partition coefficient (Wildman–Crippen LogP) is 4.56. The van der Waals surface area contributed by atoms with Crippen LogP contribution in [0.5, 0.6) is 0 Å². The largest absolute Gasteiger partial charge is 0.281 e. The number of halogens is 2. The number of benzene rings is 1. The van der Waals surface area contributed by atoms with Gasteiger partial charge in [-0.2, -0.15) is 5.10 Å². The van der Waals surface area contributed by atoms with Crippen molar-refractivity contribution in [2.24, 2.45) is 0 Å². The maximum absolute atomic E-state index is 13.5. The zero-order valence-electron chi connectivity index (χ0n) is 15.7. The van der Waals surface area contributed by atoms with E-state index in [1.807, 2.05) is 6.07 Å². The van der Waals surface area contributed by atoms with Gasteiger partial charge in [-0.3, -0.25) is 5.10 Å². The molecule has 2 N–H and O–H groups in total. The van der Waals surface area contributed by atoms with E-state index in [1.165, 1.54) is 12.1 Å². The minimum absolute atomic E-state index is 0.0197. The van der Waals surface area contributed by atoms with E-state index >= 15 is 0 Å². The van der Waals surface area contributed by atoms with Crippen LogP contribution in [-0.4, -0.2) is 29.4 Å². The van der Waals surface area contributed by atoms with Crippen molar-refractivity contribution in [3.8, 4) is 11.3 Å². The molecule has 0 spiro atoms. The molecule has 1 aliphatic rings. The van der Waals surface area contributed by atoms with Crippen LogP contribution in [0.1, 0.15) is 58.1 Å². The standard InChI is InChI=1S/C19H25FIN3O2S/c1-19(2,3)27(25,26)24-15-9-7-12(8-10-15)17-16(21)18(23-22-17)13-5-4-6-14(20)11-13/h4-6,11-12,15,24H,7-10H2,1-3H3,(H,22,23)/t12-,15-. The number of nitrogens with zero attached hydrogens (tertiary/aromatic N) is 1. The number of aromatic nitrogens is 2. The summed E-state index contributed by atoms with van der Waals surface area (Å²) in [6.07, 6.45) is 3.37. The normalized spacial score (nSPS) is 21.4. The number of nitrogens with one attached hydrogen (secondary N) is 2. The third kappa shape index (κ3) is 4.54. The Labute approximate surface area is 173 Å². The fourth-order valence-electron chi connectivity index (χ4n) is 3.34. The van der Waals surface area contributed by atoms with Crippen LogP contribution in [0, 0.1) is 9.39 Å². The molecular formula is C19H25FIN3O2S. The Morgan fingerprint density at radius 3 is 2.48 bits per heavy atom. The van der Waals surface area contributed by atoms with Crippen LogP contribution in [0.4, 0.5) is 4.39 Å². The highest BCUT2D eigenvalue weighted by molar-refractivity contribution is 14.1. The van der Waals surface area contributed by atoms with Crippen LogP contribution < -0.4 is 4.72 Å². The molecule has 1 heterocycles. The summed E-state index contributed by atoms with van der Waals surface area (Å²) in [7, 11) is -3.33.